The summed E-state index contributed by atoms with van der Waals surface area (Å²) in [5.74, 6) is 3.87. The fourth-order valence-electron chi connectivity index (χ4n) is 14.9. The van der Waals surface area contributed by atoms with Gasteiger partial charge in [-0.2, -0.15) is 0 Å². The van der Waals surface area contributed by atoms with Crippen LogP contribution in [0.4, 0.5) is 0 Å². The molecule has 11 rings (SSSR count). The van der Waals surface area contributed by atoms with Crippen molar-refractivity contribution in [3.05, 3.63) is 0 Å². The SMILES string of the molecule is O=C(C1CCCCC1)N(C(=O)C12CC3CC(CC(C3)C1)C2)C1CCCCC1N(C(=O)C1CCCCC1)C(=O)C12CC3CC(CC(C3)C1)C2. The molecule has 0 N–H and O–H groups in total. The molecule has 2 atom stereocenters. The highest BCUT2D eigenvalue weighted by molar-refractivity contribution is 6.02. The van der Waals surface area contributed by atoms with Gasteiger partial charge in [-0.15, -0.1) is 0 Å². The van der Waals surface area contributed by atoms with E-state index in [4.69, 9.17) is 0 Å². The highest BCUT2D eigenvalue weighted by Crippen LogP contribution is 2.62. The van der Waals surface area contributed by atoms with Crippen LogP contribution in [-0.4, -0.2) is 45.5 Å². The molecular formula is C42H62N2O4. The second kappa shape index (κ2) is 12.5. The number of hydrogen-bond donors (Lipinski definition) is 0. The highest BCUT2D eigenvalue weighted by atomic mass is 16.2. The number of hydrogen-bond acceptors (Lipinski definition) is 4. The van der Waals surface area contributed by atoms with Crippen LogP contribution < -0.4 is 0 Å². The van der Waals surface area contributed by atoms with Gasteiger partial charge >= 0.3 is 0 Å². The summed E-state index contributed by atoms with van der Waals surface area (Å²) in [7, 11) is 0. The van der Waals surface area contributed by atoms with Crippen LogP contribution >= 0.6 is 0 Å². The fourth-order valence-corrected chi connectivity index (χ4v) is 14.9. The molecule has 11 fully saturated rings. The lowest BCUT2D eigenvalue weighted by molar-refractivity contribution is -0.179. The average Bonchev–Trinajstić information content (AvgIpc) is 3.08. The molecule has 0 aromatic heterocycles. The maximum Gasteiger partial charge on any atom is 0.235 e. The van der Waals surface area contributed by atoms with Gasteiger partial charge in [0.15, 0.2) is 0 Å². The monoisotopic (exact) mass is 658 g/mol. The van der Waals surface area contributed by atoms with Crippen LogP contribution in [0.15, 0.2) is 0 Å². The Kier molecular flexibility index (Phi) is 8.39. The zero-order valence-corrected chi connectivity index (χ0v) is 29.7. The first kappa shape index (κ1) is 32.2. The lowest BCUT2D eigenvalue weighted by Gasteiger charge is -2.58. The third-order valence-electron chi connectivity index (χ3n) is 16.2. The van der Waals surface area contributed by atoms with E-state index in [1.807, 2.05) is 9.80 Å². The summed E-state index contributed by atoms with van der Waals surface area (Å²) < 4.78 is 0. The topological polar surface area (TPSA) is 74.8 Å². The minimum absolute atomic E-state index is 0.0552. The molecule has 2 unspecified atom stereocenters. The molecule has 6 heteroatoms. The predicted molar refractivity (Wildman–Crippen MR) is 184 cm³/mol. The maximum absolute atomic E-state index is 15.4. The van der Waals surface area contributed by atoms with Crippen LogP contribution in [0.2, 0.25) is 0 Å². The number of rotatable bonds is 6. The smallest absolute Gasteiger partial charge is 0.235 e. The first-order valence-corrected chi connectivity index (χ1v) is 21.1. The van der Waals surface area contributed by atoms with Gasteiger partial charge in [-0.25, -0.2) is 0 Å². The highest BCUT2D eigenvalue weighted by Gasteiger charge is 2.61. The van der Waals surface area contributed by atoms with Crippen molar-refractivity contribution >= 4 is 23.6 Å². The van der Waals surface area contributed by atoms with Crippen LogP contribution in [0.1, 0.15) is 167 Å². The summed E-state index contributed by atoms with van der Waals surface area (Å²) in [5, 5.41) is 0. The first-order valence-electron chi connectivity index (χ1n) is 21.1. The molecule has 0 saturated heterocycles. The summed E-state index contributed by atoms with van der Waals surface area (Å²) in [6.45, 7) is 0. The van der Waals surface area contributed by atoms with E-state index in [9.17, 15) is 9.59 Å². The molecule has 0 aromatic carbocycles. The Morgan fingerprint density at radius 2 is 0.646 bits per heavy atom. The minimum Gasteiger partial charge on any atom is -0.277 e. The van der Waals surface area contributed by atoms with Crippen molar-refractivity contribution in [2.45, 2.75) is 179 Å². The van der Waals surface area contributed by atoms with E-state index in [2.05, 4.69) is 0 Å². The molecule has 48 heavy (non-hydrogen) atoms. The van der Waals surface area contributed by atoms with E-state index in [1.54, 1.807) is 0 Å². The Balaban J connectivity index is 1.10. The van der Waals surface area contributed by atoms with Crippen molar-refractivity contribution < 1.29 is 19.2 Å². The van der Waals surface area contributed by atoms with Crippen molar-refractivity contribution in [3.8, 4) is 0 Å². The van der Waals surface area contributed by atoms with Gasteiger partial charge in [0.05, 0.1) is 22.9 Å². The van der Waals surface area contributed by atoms with Gasteiger partial charge in [-0.3, -0.25) is 29.0 Å². The lowest BCUT2D eigenvalue weighted by Crippen LogP contribution is -2.66. The molecule has 0 aliphatic heterocycles. The Morgan fingerprint density at radius 1 is 0.375 bits per heavy atom. The molecule has 6 nitrogen and oxygen atoms in total. The Bertz CT molecular complexity index is 1120. The molecule has 0 radical (unpaired) electrons. The maximum atomic E-state index is 15.4. The molecule has 11 saturated carbocycles. The van der Waals surface area contributed by atoms with Crippen molar-refractivity contribution in [3.63, 3.8) is 0 Å². The van der Waals surface area contributed by atoms with Gasteiger partial charge in [-0.1, -0.05) is 51.4 Å². The fraction of sp³-hybridized carbons (Fsp3) is 0.905. The summed E-state index contributed by atoms with van der Waals surface area (Å²) >= 11 is 0. The molecular weight excluding hydrogens is 596 g/mol. The molecule has 11 aliphatic rings. The van der Waals surface area contributed by atoms with Crippen LogP contribution in [0.3, 0.4) is 0 Å². The summed E-state index contributed by atoms with van der Waals surface area (Å²) in [5.41, 5.74) is -0.827. The van der Waals surface area contributed by atoms with E-state index in [0.717, 1.165) is 116 Å². The quantitative estimate of drug-likeness (QED) is 0.268. The van der Waals surface area contributed by atoms with Gasteiger partial charge < -0.3 is 0 Å². The van der Waals surface area contributed by atoms with Crippen LogP contribution in [0, 0.1) is 58.2 Å². The second-order valence-corrected chi connectivity index (χ2v) is 19.5. The first-order chi connectivity index (χ1) is 23.3. The molecule has 0 aromatic rings. The molecule has 8 bridgehead atoms. The summed E-state index contributed by atoms with van der Waals surface area (Å²) in [6.07, 6.45) is 26.7. The zero-order chi connectivity index (χ0) is 32.6. The Morgan fingerprint density at radius 3 is 0.938 bits per heavy atom. The normalized spacial score (nSPS) is 43.7. The van der Waals surface area contributed by atoms with E-state index in [0.29, 0.717) is 35.5 Å². The molecule has 0 heterocycles. The average molecular weight is 659 g/mol. The number of nitrogens with zero attached hydrogens (tertiary/aromatic N) is 2. The summed E-state index contributed by atoms with van der Waals surface area (Å²) in [6, 6.07) is -0.724. The van der Waals surface area contributed by atoms with E-state index >= 15 is 9.59 Å². The van der Waals surface area contributed by atoms with Gasteiger partial charge in [0.25, 0.3) is 0 Å². The third kappa shape index (κ3) is 5.46. The molecule has 4 amide bonds. The van der Waals surface area contributed by atoms with Crippen molar-refractivity contribution in [2.24, 2.45) is 58.2 Å². The van der Waals surface area contributed by atoms with Crippen molar-refractivity contribution in [1.82, 2.24) is 9.80 Å². The number of imide groups is 2. The number of carbonyl (C=O) groups is 4. The van der Waals surface area contributed by atoms with E-state index in [-0.39, 0.29) is 47.5 Å². The van der Waals surface area contributed by atoms with Gasteiger partial charge in [0, 0.05) is 11.8 Å². The Labute approximate surface area is 289 Å². The number of carbonyl (C=O) groups excluding carboxylic acids is 4. The molecule has 11 aliphatic carbocycles. The van der Waals surface area contributed by atoms with Crippen molar-refractivity contribution in [1.29, 1.82) is 0 Å². The van der Waals surface area contributed by atoms with Crippen LogP contribution in [-0.2, 0) is 19.2 Å². The number of amides is 4. The van der Waals surface area contributed by atoms with Crippen molar-refractivity contribution in [2.75, 3.05) is 0 Å². The van der Waals surface area contributed by atoms with Crippen LogP contribution in [0.25, 0.3) is 0 Å². The lowest BCUT2D eigenvalue weighted by atomic mass is 9.49. The molecule has 0 spiro atoms. The third-order valence-corrected chi connectivity index (χ3v) is 16.2. The van der Waals surface area contributed by atoms with Gasteiger partial charge in [0.1, 0.15) is 0 Å². The zero-order valence-electron chi connectivity index (χ0n) is 29.7. The second-order valence-electron chi connectivity index (χ2n) is 19.5. The van der Waals surface area contributed by atoms with Crippen LogP contribution in [0.5, 0.6) is 0 Å². The predicted octanol–water partition coefficient (Wildman–Crippen LogP) is 8.60. The van der Waals surface area contributed by atoms with E-state index < -0.39 is 10.8 Å². The Hall–Kier alpha value is -1.72. The molecule has 264 valence electrons. The summed E-state index contributed by atoms with van der Waals surface area (Å²) in [4.78, 5) is 64.5. The minimum atomic E-state index is -0.413. The van der Waals surface area contributed by atoms with Gasteiger partial charge in [-0.05, 0) is 151 Å². The van der Waals surface area contributed by atoms with Gasteiger partial charge in [0.2, 0.25) is 23.6 Å². The standard InChI is InChI=1S/C42H62N2O4/c45-37(33-9-3-1-4-10-33)43(39(47)41-21-27-15-28(22-41)17-29(16-27)23-41)35-13-7-8-14-36(35)44(38(46)34-11-5-2-6-12-34)40(48)42-24-30-18-31(25-42)20-32(19-30)26-42/h27-36H,1-26H2. The van der Waals surface area contributed by atoms with E-state index in [1.165, 1.54) is 51.4 Å². The largest absolute Gasteiger partial charge is 0.277 e.